The van der Waals surface area contributed by atoms with Crippen LogP contribution in [0.2, 0.25) is 0 Å². The fourth-order valence-electron chi connectivity index (χ4n) is 3.29. The Morgan fingerprint density at radius 3 is 2.78 bits per heavy atom. The van der Waals surface area contributed by atoms with Gasteiger partial charge in [-0.1, -0.05) is 0 Å². The molecule has 23 heavy (non-hydrogen) atoms. The summed E-state index contributed by atoms with van der Waals surface area (Å²) in [4.78, 5) is 15.2. The van der Waals surface area contributed by atoms with Crippen LogP contribution >= 0.6 is 0 Å². The van der Waals surface area contributed by atoms with Crippen LogP contribution in [0, 0.1) is 6.92 Å². The van der Waals surface area contributed by atoms with Crippen LogP contribution in [0.5, 0.6) is 6.01 Å². The van der Waals surface area contributed by atoms with Gasteiger partial charge in [-0.05, 0) is 56.8 Å². The molecule has 1 fully saturated rings. The first-order chi connectivity index (χ1) is 11.2. The molecule has 0 amide bonds. The third-order valence-corrected chi connectivity index (χ3v) is 4.48. The zero-order valence-corrected chi connectivity index (χ0v) is 13.9. The van der Waals surface area contributed by atoms with Gasteiger partial charge in [0.1, 0.15) is 0 Å². The number of likely N-dealkylation sites (tertiary alicyclic amines) is 1. The van der Waals surface area contributed by atoms with E-state index in [9.17, 15) is 0 Å². The van der Waals surface area contributed by atoms with E-state index in [1.54, 1.807) is 7.11 Å². The summed E-state index contributed by atoms with van der Waals surface area (Å²) >= 11 is 0. The number of methoxy groups -OCH3 is 1. The molecule has 5 heteroatoms. The van der Waals surface area contributed by atoms with Crippen LogP contribution in [0.3, 0.4) is 0 Å². The summed E-state index contributed by atoms with van der Waals surface area (Å²) in [5.74, 6) is 0. The van der Waals surface area contributed by atoms with Gasteiger partial charge in [-0.3, -0.25) is 9.88 Å². The van der Waals surface area contributed by atoms with Crippen molar-refractivity contribution >= 4 is 0 Å². The van der Waals surface area contributed by atoms with Crippen LogP contribution in [-0.4, -0.2) is 39.5 Å². The molecule has 0 unspecified atom stereocenters. The predicted molar refractivity (Wildman–Crippen MR) is 89.3 cm³/mol. The zero-order chi connectivity index (χ0) is 16.1. The molecule has 1 aliphatic rings. The molecule has 122 valence electrons. The SMILES string of the molecule is COc1ncc(CN2CCC[C@@H]2CCc2ccnc(C)c2)cn1. The van der Waals surface area contributed by atoms with Crippen molar-refractivity contribution in [1.82, 2.24) is 19.9 Å². The average molecular weight is 312 g/mol. The first-order valence-corrected chi connectivity index (χ1v) is 8.25. The second-order valence-corrected chi connectivity index (χ2v) is 6.19. The maximum atomic E-state index is 5.02. The lowest BCUT2D eigenvalue weighted by Gasteiger charge is -2.24. The Bertz CT molecular complexity index is 629. The lowest BCUT2D eigenvalue weighted by Crippen LogP contribution is -2.29. The van der Waals surface area contributed by atoms with Gasteiger partial charge < -0.3 is 4.74 Å². The molecule has 3 heterocycles. The molecule has 0 aromatic carbocycles. The van der Waals surface area contributed by atoms with Crippen molar-refractivity contribution in [2.45, 2.75) is 45.2 Å². The molecular formula is C18H24N4O. The van der Waals surface area contributed by atoms with Crippen LogP contribution in [0.25, 0.3) is 0 Å². The van der Waals surface area contributed by atoms with E-state index < -0.39 is 0 Å². The molecule has 1 saturated heterocycles. The topological polar surface area (TPSA) is 51.1 Å². The quantitative estimate of drug-likeness (QED) is 0.821. The normalized spacial score (nSPS) is 18.3. The highest BCUT2D eigenvalue weighted by Gasteiger charge is 2.24. The van der Waals surface area contributed by atoms with Crippen molar-refractivity contribution in [3.05, 3.63) is 47.5 Å². The molecule has 0 bridgehead atoms. The number of ether oxygens (including phenoxy) is 1. The largest absolute Gasteiger partial charge is 0.467 e. The third-order valence-electron chi connectivity index (χ3n) is 4.48. The van der Waals surface area contributed by atoms with Crippen molar-refractivity contribution in [2.75, 3.05) is 13.7 Å². The monoisotopic (exact) mass is 312 g/mol. The highest BCUT2D eigenvalue weighted by atomic mass is 16.5. The molecule has 1 atom stereocenters. The van der Waals surface area contributed by atoms with Gasteiger partial charge in [-0.25, -0.2) is 9.97 Å². The third kappa shape index (κ3) is 4.26. The molecule has 0 aliphatic carbocycles. The Morgan fingerprint density at radius 1 is 1.22 bits per heavy atom. The van der Waals surface area contributed by atoms with Gasteiger partial charge in [0.2, 0.25) is 0 Å². The van der Waals surface area contributed by atoms with Crippen LogP contribution < -0.4 is 4.74 Å². The smallest absolute Gasteiger partial charge is 0.316 e. The molecule has 0 N–H and O–H groups in total. The first kappa shape index (κ1) is 15.9. The lowest BCUT2D eigenvalue weighted by atomic mass is 10.0. The highest BCUT2D eigenvalue weighted by Crippen LogP contribution is 2.24. The van der Waals surface area contributed by atoms with Crippen LogP contribution in [-0.2, 0) is 13.0 Å². The van der Waals surface area contributed by atoms with E-state index in [-0.39, 0.29) is 0 Å². The van der Waals surface area contributed by atoms with Crippen molar-refractivity contribution in [1.29, 1.82) is 0 Å². The number of nitrogens with zero attached hydrogens (tertiary/aromatic N) is 4. The predicted octanol–water partition coefficient (Wildman–Crippen LogP) is 2.79. The fraction of sp³-hybridized carbons (Fsp3) is 0.500. The van der Waals surface area contributed by atoms with E-state index in [2.05, 4.69) is 38.9 Å². The standard InChI is InChI=1S/C18H24N4O/c1-14-10-15(7-8-19-14)5-6-17-4-3-9-22(17)13-16-11-20-18(23-2)21-12-16/h7-8,10-12,17H,3-6,9,13H2,1-2H3/t17-/m1/s1. The maximum absolute atomic E-state index is 5.02. The van der Waals surface area contributed by atoms with E-state index in [1.807, 2.05) is 18.6 Å². The average Bonchev–Trinajstić information content (AvgIpc) is 3.01. The minimum Gasteiger partial charge on any atom is -0.467 e. The van der Waals surface area contributed by atoms with Gasteiger partial charge in [0.25, 0.3) is 0 Å². The second kappa shape index (κ2) is 7.51. The van der Waals surface area contributed by atoms with Gasteiger partial charge in [0.05, 0.1) is 7.11 Å². The molecule has 0 saturated carbocycles. The van der Waals surface area contributed by atoms with Crippen molar-refractivity contribution in [3.8, 4) is 6.01 Å². The summed E-state index contributed by atoms with van der Waals surface area (Å²) in [7, 11) is 1.59. The molecule has 2 aromatic heterocycles. The van der Waals surface area contributed by atoms with Gasteiger partial charge in [-0.15, -0.1) is 0 Å². The molecular weight excluding hydrogens is 288 g/mol. The molecule has 2 aromatic rings. The molecule has 1 aliphatic heterocycles. The van der Waals surface area contributed by atoms with Crippen LogP contribution in [0.15, 0.2) is 30.7 Å². The number of aryl methyl sites for hydroxylation is 2. The van der Waals surface area contributed by atoms with E-state index in [4.69, 9.17) is 4.74 Å². The van der Waals surface area contributed by atoms with E-state index in [0.717, 1.165) is 30.8 Å². The maximum Gasteiger partial charge on any atom is 0.316 e. The number of hydrogen-bond donors (Lipinski definition) is 0. The minimum atomic E-state index is 0.430. The summed E-state index contributed by atoms with van der Waals surface area (Å²) in [5.41, 5.74) is 3.63. The summed E-state index contributed by atoms with van der Waals surface area (Å²) in [6.07, 6.45) is 10.5. The Balaban J connectivity index is 1.56. The Morgan fingerprint density at radius 2 is 2.04 bits per heavy atom. The van der Waals surface area contributed by atoms with Gasteiger partial charge >= 0.3 is 6.01 Å². The molecule has 0 radical (unpaired) electrons. The van der Waals surface area contributed by atoms with Gasteiger partial charge in [-0.2, -0.15) is 0 Å². The minimum absolute atomic E-state index is 0.430. The molecule has 5 nitrogen and oxygen atoms in total. The summed E-state index contributed by atoms with van der Waals surface area (Å²) in [6, 6.07) is 5.39. The van der Waals surface area contributed by atoms with Crippen molar-refractivity contribution in [2.24, 2.45) is 0 Å². The van der Waals surface area contributed by atoms with E-state index >= 15 is 0 Å². The van der Waals surface area contributed by atoms with Crippen LogP contribution in [0.4, 0.5) is 0 Å². The number of aromatic nitrogens is 3. The van der Waals surface area contributed by atoms with Crippen LogP contribution in [0.1, 0.15) is 36.1 Å². The second-order valence-electron chi connectivity index (χ2n) is 6.19. The number of rotatable bonds is 6. The van der Waals surface area contributed by atoms with E-state index in [0.29, 0.717) is 12.1 Å². The Labute approximate surface area is 137 Å². The first-order valence-electron chi connectivity index (χ1n) is 8.25. The fourth-order valence-corrected chi connectivity index (χ4v) is 3.29. The van der Waals surface area contributed by atoms with Gasteiger partial charge in [0.15, 0.2) is 0 Å². The Kier molecular flexibility index (Phi) is 5.18. The van der Waals surface area contributed by atoms with E-state index in [1.165, 1.54) is 24.8 Å². The number of hydrogen-bond acceptors (Lipinski definition) is 5. The zero-order valence-electron chi connectivity index (χ0n) is 13.9. The lowest BCUT2D eigenvalue weighted by molar-refractivity contribution is 0.234. The van der Waals surface area contributed by atoms with Gasteiger partial charge in [0, 0.05) is 42.4 Å². The number of pyridine rings is 1. The summed E-state index contributed by atoms with van der Waals surface area (Å²) in [5, 5.41) is 0. The summed E-state index contributed by atoms with van der Waals surface area (Å²) < 4.78 is 5.02. The molecule has 3 rings (SSSR count). The molecule has 0 spiro atoms. The van der Waals surface area contributed by atoms with Crippen molar-refractivity contribution in [3.63, 3.8) is 0 Å². The highest BCUT2D eigenvalue weighted by molar-refractivity contribution is 5.15. The Hall–Kier alpha value is -2.01. The summed E-state index contributed by atoms with van der Waals surface area (Å²) in [6.45, 7) is 4.13. The van der Waals surface area contributed by atoms with Crippen molar-refractivity contribution < 1.29 is 4.74 Å².